The van der Waals surface area contributed by atoms with Crippen LogP contribution in [0.4, 0.5) is 5.95 Å². The maximum Gasteiger partial charge on any atom is 0.200 e. The largest absolute Gasteiger partial charge is 0.381 e. The molecule has 6 nitrogen and oxygen atoms in total. The van der Waals surface area contributed by atoms with Gasteiger partial charge < -0.3 is 20.0 Å². The molecule has 1 saturated carbocycles. The molecule has 1 aliphatic carbocycles. The molecule has 0 aromatic carbocycles. The van der Waals surface area contributed by atoms with Crippen molar-refractivity contribution in [2.75, 3.05) is 12.8 Å². The Morgan fingerprint density at radius 2 is 2.33 bits per heavy atom. The molecule has 7 heteroatoms. The number of rotatable bonds is 3. The molecule has 0 spiro atoms. The van der Waals surface area contributed by atoms with Gasteiger partial charge in [0.15, 0.2) is 10.6 Å². The molecule has 0 aliphatic heterocycles. The van der Waals surface area contributed by atoms with Crippen molar-refractivity contribution in [3.05, 3.63) is 11.0 Å². The first-order valence-electron chi connectivity index (χ1n) is 7.31. The molecular weight excluding hydrogens is 286 g/mol. The molecule has 2 heterocycles. The second-order valence-corrected chi connectivity index (χ2v) is 6.19. The number of ether oxygens (including phenoxy) is 1. The summed E-state index contributed by atoms with van der Waals surface area (Å²) in [7, 11) is 1.80. The van der Waals surface area contributed by atoms with Crippen LogP contribution < -0.4 is 5.73 Å². The van der Waals surface area contributed by atoms with E-state index in [1.807, 2.05) is 6.33 Å². The highest BCUT2D eigenvalue weighted by molar-refractivity contribution is 7.71. The molecule has 114 valence electrons. The highest BCUT2D eigenvalue weighted by Crippen LogP contribution is 2.43. The number of nitrogens with two attached hydrogens (primary N) is 1. The Balaban J connectivity index is 2.07. The number of nitrogens with one attached hydrogen (secondary N) is 1. The predicted octanol–water partition coefficient (Wildman–Crippen LogP) is 2.69. The summed E-state index contributed by atoms with van der Waals surface area (Å²) in [5, 5.41) is 0. The number of hydrogen-bond acceptors (Lipinski definition) is 5. The number of fused-ring (bicyclic) bond motifs is 1. The Hall–Kier alpha value is -1.47. The van der Waals surface area contributed by atoms with Crippen molar-refractivity contribution in [3.8, 4) is 0 Å². The molecule has 0 saturated heterocycles. The van der Waals surface area contributed by atoms with E-state index in [1.54, 1.807) is 7.11 Å². The molecule has 3 rings (SSSR count). The van der Waals surface area contributed by atoms with Crippen molar-refractivity contribution < 1.29 is 4.74 Å². The molecule has 2 aromatic rings. The molecule has 4 unspecified atom stereocenters. The van der Waals surface area contributed by atoms with Crippen LogP contribution in [0.25, 0.3) is 11.2 Å². The van der Waals surface area contributed by atoms with E-state index in [0.29, 0.717) is 34.0 Å². The molecule has 1 aliphatic rings. The highest BCUT2D eigenvalue weighted by Gasteiger charge is 2.41. The standard InChI is InChI=1S/C14H21N5OS/c1-4-8-5-9(7(2)11(8)20-3)19-6-16-10-12(19)17-14(15)18-13(10)21/h6-9,11H,4-5H2,1-3H3,(H3,15,17,18,21). The molecule has 4 atom stereocenters. The Kier molecular flexibility index (Phi) is 3.71. The Morgan fingerprint density at radius 1 is 1.57 bits per heavy atom. The Labute approximate surface area is 128 Å². The van der Waals surface area contributed by atoms with Gasteiger partial charge in [-0.25, -0.2) is 9.97 Å². The van der Waals surface area contributed by atoms with Crippen LogP contribution in [-0.2, 0) is 4.74 Å². The maximum absolute atomic E-state index is 5.79. The third-order valence-electron chi connectivity index (χ3n) is 4.75. The maximum atomic E-state index is 5.79. The quantitative estimate of drug-likeness (QED) is 0.852. The van der Waals surface area contributed by atoms with Crippen LogP contribution in [0.1, 0.15) is 32.7 Å². The number of H-pyrrole nitrogens is 1. The lowest BCUT2D eigenvalue weighted by Gasteiger charge is -2.22. The summed E-state index contributed by atoms with van der Waals surface area (Å²) < 4.78 is 8.31. The van der Waals surface area contributed by atoms with Crippen LogP contribution >= 0.6 is 12.2 Å². The van der Waals surface area contributed by atoms with Crippen LogP contribution in [0, 0.1) is 16.5 Å². The molecule has 2 aromatic heterocycles. The Morgan fingerprint density at radius 3 is 2.95 bits per heavy atom. The van der Waals surface area contributed by atoms with Gasteiger partial charge in [0.25, 0.3) is 0 Å². The number of methoxy groups -OCH3 is 1. The van der Waals surface area contributed by atoms with Crippen molar-refractivity contribution in [3.63, 3.8) is 0 Å². The summed E-state index contributed by atoms with van der Waals surface area (Å²) >= 11 is 5.24. The minimum absolute atomic E-state index is 0.277. The summed E-state index contributed by atoms with van der Waals surface area (Å²) in [6, 6.07) is 0.331. The SMILES string of the molecule is CCC1CC(n2cnc3c(=S)nc(N)[nH]c32)C(C)C1OC. The highest BCUT2D eigenvalue weighted by atomic mass is 32.1. The van der Waals surface area contributed by atoms with Gasteiger partial charge in [-0.1, -0.05) is 32.5 Å². The second-order valence-electron chi connectivity index (χ2n) is 5.81. The van der Waals surface area contributed by atoms with Crippen LogP contribution in [0.3, 0.4) is 0 Å². The fraction of sp³-hybridized carbons (Fsp3) is 0.643. The van der Waals surface area contributed by atoms with Crippen molar-refractivity contribution in [2.24, 2.45) is 11.8 Å². The molecule has 1 fully saturated rings. The first kappa shape index (κ1) is 14.5. The minimum Gasteiger partial charge on any atom is -0.381 e. The predicted molar refractivity (Wildman–Crippen MR) is 84.5 cm³/mol. The van der Waals surface area contributed by atoms with Gasteiger partial charge in [-0.15, -0.1) is 0 Å². The van der Waals surface area contributed by atoms with E-state index in [0.717, 1.165) is 18.5 Å². The van der Waals surface area contributed by atoms with Gasteiger partial charge in [0.05, 0.1) is 12.4 Å². The minimum atomic E-state index is 0.277. The van der Waals surface area contributed by atoms with Gasteiger partial charge in [0, 0.05) is 19.1 Å². The van der Waals surface area contributed by atoms with E-state index in [4.69, 9.17) is 22.7 Å². The molecule has 0 bridgehead atoms. The van der Waals surface area contributed by atoms with Crippen LogP contribution in [0.15, 0.2) is 6.33 Å². The fourth-order valence-corrected chi connectivity index (χ4v) is 3.93. The van der Waals surface area contributed by atoms with E-state index in [1.165, 1.54) is 0 Å². The van der Waals surface area contributed by atoms with Crippen molar-refractivity contribution >= 4 is 29.3 Å². The monoisotopic (exact) mass is 307 g/mol. The fourth-order valence-electron chi connectivity index (χ4n) is 3.68. The summed E-state index contributed by atoms with van der Waals surface area (Å²) in [5.41, 5.74) is 7.36. The number of aromatic nitrogens is 4. The van der Waals surface area contributed by atoms with Gasteiger partial charge in [0.2, 0.25) is 0 Å². The zero-order chi connectivity index (χ0) is 15.1. The van der Waals surface area contributed by atoms with Gasteiger partial charge in [-0.05, 0) is 12.3 Å². The lowest BCUT2D eigenvalue weighted by Crippen LogP contribution is -2.24. The number of hydrogen-bond donors (Lipinski definition) is 2. The lowest BCUT2D eigenvalue weighted by atomic mass is 9.99. The van der Waals surface area contributed by atoms with Crippen molar-refractivity contribution in [1.82, 2.24) is 19.5 Å². The van der Waals surface area contributed by atoms with Gasteiger partial charge in [-0.2, -0.15) is 0 Å². The number of anilines is 1. The van der Waals surface area contributed by atoms with Crippen molar-refractivity contribution in [2.45, 2.75) is 38.8 Å². The average Bonchev–Trinajstić information content (AvgIpc) is 2.99. The van der Waals surface area contributed by atoms with E-state index >= 15 is 0 Å². The smallest absolute Gasteiger partial charge is 0.200 e. The number of aromatic amines is 1. The van der Waals surface area contributed by atoms with Gasteiger partial charge >= 0.3 is 0 Å². The number of nitrogens with zero attached hydrogens (tertiary/aromatic N) is 3. The van der Waals surface area contributed by atoms with Crippen LogP contribution in [-0.4, -0.2) is 32.7 Å². The topological polar surface area (TPSA) is 81.8 Å². The Bertz CT molecular complexity index is 709. The van der Waals surface area contributed by atoms with E-state index in [-0.39, 0.29) is 6.10 Å². The molecule has 0 amide bonds. The zero-order valence-corrected chi connectivity index (χ0v) is 13.4. The van der Waals surface area contributed by atoms with Crippen molar-refractivity contribution in [1.29, 1.82) is 0 Å². The van der Waals surface area contributed by atoms with Gasteiger partial charge in [0.1, 0.15) is 11.2 Å². The summed E-state index contributed by atoms with van der Waals surface area (Å²) in [6.45, 7) is 4.45. The van der Waals surface area contributed by atoms with Crippen LogP contribution in [0.2, 0.25) is 0 Å². The molecule has 21 heavy (non-hydrogen) atoms. The molecule has 3 N–H and O–H groups in total. The summed E-state index contributed by atoms with van der Waals surface area (Å²) in [4.78, 5) is 11.6. The van der Waals surface area contributed by atoms with Crippen LogP contribution in [0.5, 0.6) is 0 Å². The third kappa shape index (κ3) is 2.24. The molecule has 0 radical (unpaired) electrons. The average molecular weight is 307 g/mol. The summed E-state index contributed by atoms with van der Waals surface area (Å²) in [5.74, 6) is 1.30. The van der Waals surface area contributed by atoms with E-state index in [9.17, 15) is 0 Å². The third-order valence-corrected chi connectivity index (χ3v) is 5.04. The molecular formula is C14H21N5OS. The lowest BCUT2D eigenvalue weighted by molar-refractivity contribution is 0.0379. The first-order chi connectivity index (χ1) is 10.1. The normalized spacial score (nSPS) is 29.3. The number of imidazole rings is 1. The first-order valence-corrected chi connectivity index (χ1v) is 7.72. The number of nitrogen functional groups attached to an aromatic ring is 1. The second kappa shape index (κ2) is 5.38. The van der Waals surface area contributed by atoms with Gasteiger partial charge in [-0.3, -0.25) is 0 Å². The summed E-state index contributed by atoms with van der Waals surface area (Å²) in [6.07, 6.45) is 4.31. The van der Waals surface area contributed by atoms with E-state index in [2.05, 4.69) is 33.4 Å². The van der Waals surface area contributed by atoms with E-state index < -0.39 is 0 Å². The zero-order valence-electron chi connectivity index (χ0n) is 12.5.